The smallest absolute Gasteiger partial charge is 0.306 e. The molecule has 0 rings (SSSR count). The molecule has 0 aromatic rings. The minimum atomic E-state index is -0.794. The van der Waals surface area contributed by atoms with Crippen LogP contribution in [0.25, 0.3) is 0 Å². The summed E-state index contributed by atoms with van der Waals surface area (Å²) in [4.78, 5) is 38.4. The van der Waals surface area contributed by atoms with Crippen LogP contribution in [0.1, 0.15) is 348 Å². The lowest BCUT2D eigenvalue weighted by Crippen LogP contribution is -2.30. The van der Waals surface area contributed by atoms with Gasteiger partial charge in [-0.15, -0.1) is 0 Å². The van der Waals surface area contributed by atoms with Crippen LogP contribution in [-0.4, -0.2) is 37.2 Å². The van der Waals surface area contributed by atoms with Crippen molar-refractivity contribution >= 4 is 17.9 Å². The van der Waals surface area contributed by atoms with E-state index in [4.69, 9.17) is 14.2 Å². The molecule has 0 saturated carbocycles. The molecule has 0 aliphatic heterocycles. The van der Waals surface area contributed by atoms with E-state index in [0.717, 1.165) is 116 Å². The summed E-state index contributed by atoms with van der Waals surface area (Å²) in [5, 5.41) is 0. The second-order valence-electron chi connectivity index (χ2n) is 23.4. The zero-order chi connectivity index (χ0) is 59.2. The van der Waals surface area contributed by atoms with E-state index >= 15 is 0 Å². The van der Waals surface area contributed by atoms with Crippen LogP contribution in [0.5, 0.6) is 0 Å². The number of esters is 3. The van der Waals surface area contributed by atoms with Crippen LogP contribution in [-0.2, 0) is 28.6 Å². The van der Waals surface area contributed by atoms with Gasteiger partial charge in [-0.25, -0.2) is 0 Å². The van der Waals surface area contributed by atoms with Crippen molar-refractivity contribution in [3.8, 4) is 0 Å². The average Bonchev–Trinajstić information content (AvgIpc) is 3.47. The van der Waals surface area contributed by atoms with Crippen LogP contribution < -0.4 is 0 Å². The monoisotopic (exact) mass is 1140 g/mol. The molecule has 6 heteroatoms. The molecule has 0 spiro atoms. The van der Waals surface area contributed by atoms with Crippen LogP contribution in [0.3, 0.4) is 0 Å². The number of carbonyl (C=O) groups is 3. The van der Waals surface area contributed by atoms with Crippen LogP contribution in [0.4, 0.5) is 0 Å². The van der Waals surface area contributed by atoms with E-state index < -0.39 is 6.10 Å². The van der Waals surface area contributed by atoms with Crippen molar-refractivity contribution in [1.82, 2.24) is 0 Å². The van der Waals surface area contributed by atoms with Crippen molar-refractivity contribution in [2.75, 3.05) is 13.2 Å². The first-order chi connectivity index (χ1) is 40.5. The van der Waals surface area contributed by atoms with Crippen molar-refractivity contribution in [2.24, 2.45) is 0 Å². The van der Waals surface area contributed by atoms with Crippen LogP contribution in [0.2, 0.25) is 0 Å². The normalized spacial score (nSPS) is 12.7. The molecule has 0 N–H and O–H groups in total. The van der Waals surface area contributed by atoms with Crippen molar-refractivity contribution in [3.05, 3.63) is 97.2 Å². The van der Waals surface area contributed by atoms with Crippen molar-refractivity contribution in [1.29, 1.82) is 0 Å². The predicted molar refractivity (Wildman–Crippen MR) is 357 cm³/mol. The third kappa shape index (κ3) is 67.1. The summed E-state index contributed by atoms with van der Waals surface area (Å²) in [7, 11) is 0. The zero-order valence-electron chi connectivity index (χ0n) is 54.2. The highest BCUT2D eigenvalue weighted by Gasteiger charge is 2.19. The summed E-state index contributed by atoms with van der Waals surface area (Å²) in [5.74, 6) is -0.904. The fourth-order valence-corrected chi connectivity index (χ4v) is 10.0. The van der Waals surface area contributed by atoms with E-state index in [1.807, 2.05) is 0 Å². The molecule has 0 fully saturated rings. The molecule has 1 unspecified atom stereocenters. The molecular weight excluding hydrogens is 1010 g/mol. The highest BCUT2D eigenvalue weighted by atomic mass is 16.6. The Morgan fingerprint density at radius 1 is 0.256 bits per heavy atom. The molecule has 82 heavy (non-hydrogen) atoms. The Morgan fingerprint density at radius 2 is 0.476 bits per heavy atom. The molecule has 1 atom stereocenters. The van der Waals surface area contributed by atoms with Gasteiger partial charge in [-0.05, 0) is 122 Å². The second-order valence-corrected chi connectivity index (χ2v) is 23.4. The van der Waals surface area contributed by atoms with E-state index in [9.17, 15) is 14.4 Å². The average molecular weight is 1140 g/mol. The molecular formula is C76H132O6. The van der Waals surface area contributed by atoms with Crippen LogP contribution >= 0.6 is 0 Å². The lowest BCUT2D eigenvalue weighted by atomic mass is 10.0. The number of hydrogen-bond donors (Lipinski definition) is 0. The number of unbranched alkanes of at least 4 members (excludes halogenated alkanes) is 37. The molecule has 0 aromatic heterocycles. The standard InChI is InChI=1S/C76H132O6/c1-4-7-10-13-16-19-22-25-28-31-33-34-35-36-37-38-39-40-41-42-43-46-48-51-54-57-60-63-66-69-75(78)81-72-73(71-80-74(77)68-65-62-59-56-53-50-47-44-30-27-24-21-18-15-12-9-6-3)82-76(79)70-67-64-61-58-55-52-49-45-32-29-26-23-20-17-14-11-8-5-2/h9,12,18,20-23,25,27,29-33,47,50,73H,4-8,10-11,13-17,19,24,26,28,34-46,48-49,51-72H2,1-3H3/b12-9-,21-18-,23-20-,25-22-,30-27-,32-29-,33-31-,50-47-. The Morgan fingerprint density at radius 3 is 0.756 bits per heavy atom. The Balaban J connectivity index is 4.30. The van der Waals surface area contributed by atoms with Gasteiger partial charge in [0.2, 0.25) is 0 Å². The predicted octanol–water partition coefficient (Wildman–Crippen LogP) is 24.4. The Hall–Kier alpha value is -3.67. The van der Waals surface area contributed by atoms with E-state index in [1.54, 1.807) is 0 Å². The first-order valence-corrected chi connectivity index (χ1v) is 35.2. The number of allylic oxidation sites excluding steroid dienone is 16. The summed E-state index contributed by atoms with van der Waals surface area (Å²) < 4.78 is 17.0. The highest BCUT2D eigenvalue weighted by Crippen LogP contribution is 2.17. The molecule has 0 aromatic carbocycles. The molecule has 0 saturated heterocycles. The summed E-state index contributed by atoms with van der Waals surface area (Å²) in [6.07, 6.45) is 94.3. The molecule has 0 amide bonds. The topological polar surface area (TPSA) is 78.9 Å². The molecule has 0 radical (unpaired) electrons. The minimum Gasteiger partial charge on any atom is -0.462 e. The quantitative estimate of drug-likeness (QED) is 0.0261. The number of hydrogen-bond acceptors (Lipinski definition) is 6. The van der Waals surface area contributed by atoms with E-state index in [0.29, 0.717) is 19.3 Å². The van der Waals surface area contributed by atoms with Gasteiger partial charge < -0.3 is 14.2 Å². The first-order valence-electron chi connectivity index (χ1n) is 35.2. The SMILES string of the molecule is CC/C=C\C/C=C\C/C=C\C/C=C\CCCCCCC(=O)OCC(COC(=O)CCCCCCCCCCCCCCCCCCC/C=C\C/C=C\CCCCCCC)OC(=O)CCCCCCCCC/C=C\C/C=C\CCCCCC. The first kappa shape index (κ1) is 78.3. The van der Waals surface area contributed by atoms with Crippen molar-refractivity contribution in [2.45, 2.75) is 354 Å². The lowest BCUT2D eigenvalue weighted by Gasteiger charge is -2.18. The molecule has 0 aliphatic carbocycles. The molecule has 0 heterocycles. The van der Waals surface area contributed by atoms with E-state index in [-0.39, 0.29) is 31.1 Å². The maximum absolute atomic E-state index is 12.9. The maximum atomic E-state index is 12.9. The van der Waals surface area contributed by atoms with Gasteiger partial charge >= 0.3 is 17.9 Å². The van der Waals surface area contributed by atoms with Crippen molar-refractivity contribution < 1.29 is 28.6 Å². The van der Waals surface area contributed by atoms with Gasteiger partial charge in [-0.1, -0.05) is 304 Å². The number of rotatable bonds is 64. The van der Waals surface area contributed by atoms with Gasteiger partial charge in [0.05, 0.1) is 0 Å². The molecule has 0 bridgehead atoms. The molecule has 6 nitrogen and oxygen atoms in total. The van der Waals surface area contributed by atoms with Crippen LogP contribution in [0.15, 0.2) is 97.2 Å². The Bertz CT molecular complexity index is 1590. The van der Waals surface area contributed by atoms with Gasteiger partial charge in [-0.3, -0.25) is 14.4 Å². The van der Waals surface area contributed by atoms with Gasteiger partial charge in [0.1, 0.15) is 13.2 Å². The van der Waals surface area contributed by atoms with Gasteiger partial charge in [0.25, 0.3) is 0 Å². The highest BCUT2D eigenvalue weighted by molar-refractivity contribution is 5.71. The molecule has 472 valence electrons. The minimum absolute atomic E-state index is 0.0868. The largest absolute Gasteiger partial charge is 0.462 e. The van der Waals surface area contributed by atoms with Crippen molar-refractivity contribution in [3.63, 3.8) is 0 Å². The Labute approximate surface area is 508 Å². The third-order valence-electron chi connectivity index (χ3n) is 15.3. The summed E-state index contributed by atoms with van der Waals surface area (Å²) in [6, 6.07) is 0. The Kier molecular flexibility index (Phi) is 66.7. The third-order valence-corrected chi connectivity index (χ3v) is 15.3. The van der Waals surface area contributed by atoms with Gasteiger partial charge in [0, 0.05) is 19.3 Å². The fourth-order valence-electron chi connectivity index (χ4n) is 10.0. The maximum Gasteiger partial charge on any atom is 0.306 e. The van der Waals surface area contributed by atoms with Gasteiger partial charge in [0.15, 0.2) is 6.10 Å². The second kappa shape index (κ2) is 69.8. The van der Waals surface area contributed by atoms with E-state index in [1.165, 1.54) is 193 Å². The van der Waals surface area contributed by atoms with E-state index in [2.05, 4.69) is 118 Å². The summed E-state index contributed by atoms with van der Waals surface area (Å²) in [5.41, 5.74) is 0. The molecule has 0 aliphatic rings. The zero-order valence-corrected chi connectivity index (χ0v) is 54.2. The number of carbonyl (C=O) groups excluding carboxylic acids is 3. The lowest BCUT2D eigenvalue weighted by molar-refractivity contribution is -0.167. The summed E-state index contributed by atoms with van der Waals surface area (Å²) >= 11 is 0. The number of ether oxygens (including phenoxy) is 3. The van der Waals surface area contributed by atoms with Gasteiger partial charge in [-0.2, -0.15) is 0 Å². The summed E-state index contributed by atoms with van der Waals surface area (Å²) in [6.45, 7) is 6.51. The fraction of sp³-hybridized carbons (Fsp3) is 0.750. The van der Waals surface area contributed by atoms with Crippen LogP contribution in [0, 0.1) is 0 Å².